The number of nitrogens with zero attached hydrogens (tertiary/aromatic N) is 2. The Morgan fingerprint density at radius 2 is 2.00 bits per heavy atom. The zero-order valence-electron chi connectivity index (χ0n) is 16.1. The van der Waals surface area contributed by atoms with Gasteiger partial charge in [-0.2, -0.15) is 4.98 Å². The van der Waals surface area contributed by atoms with E-state index in [9.17, 15) is 8.42 Å². The van der Waals surface area contributed by atoms with Gasteiger partial charge in [-0.25, -0.2) is 18.1 Å². The first-order chi connectivity index (χ1) is 14.5. The van der Waals surface area contributed by atoms with E-state index in [2.05, 4.69) is 25.3 Å². The zero-order valence-corrected chi connectivity index (χ0v) is 17.7. The summed E-state index contributed by atoms with van der Waals surface area (Å²) in [6.45, 7) is 0.823. The third-order valence-corrected chi connectivity index (χ3v) is 6.36. The van der Waals surface area contributed by atoms with Crippen molar-refractivity contribution >= 4 is 39.1 Å². The van der Waals surface area contributed by atoms with Gasteiger partial charge in [0, 0.05) is 30.5 Å². The Bertz CT molecular complexity index is 1190. The average molecular weight is 446 g/mol. The number of methoxy groups -OCH3 is 1. The Balaban J connectivity index is 1.75. The van der Waals surface area contributed by atoms with Gasteiger partial charge < -0.3 is 15.4 Å². The van der Waals surface area contributed by atoms with Crippen LogP contribution in [0.15, 0.2) is 53.6 Å². The van der Waals surface area contributed by atoms with Crippen molar-refractivity contribution in [2.45, 2.75) is 11.3 Å². The number of sulfonamides is 1. The molecule has 4 rings (SSSR count). The van der Waals surface area contributed by atoms with Gasteiger partial charge >= 0.3 is 0 Å². The van der Waals surface area contributed by atoms with Gasteiger partial charge in [-0.1, -0.05) is 23.7 Å². The van der Waals surface area contributed by atoms with Crippen LogP contribution in [0.1, 0.15) is 6.42 Å². The summed E-state index contributed by atoms with van der Waals surface area (Å²) >= 11 is 6.15. The lowest BCUT2D eigenvalue weighted by molar-refractivity contribution is 0.415. The van der Waals surface area contributed by atoms with E-state index < -0.39 is 10.0 Å². The molecule has 0 amide bonds. The maximum absolute atomic E-state index is 12.5. The summed E-state index contributed by atoms with van der Waals surface area (Å²) in [5, 5.41) is 6.86. The highest BCUT2D eigenvalue weighted by Crippen LogP contribution is 2.33. The molecule has 3 N–H and O–H groups in total. The van der Waals surface area contributed by atoms with Crippen LogP contribution >= 0.6 is 11.6 Å². The van der Waals surface area contributed by atoms with Gasteiger partial charge in [0.2, 0.25) is 16.0 Å². The molecule has 3 aromatic rings. The minimum atomic E-state index is -3.58. The molecule has 30 heavy (non-hydrogen) atoms. The summed E-state index contributed by atoms with van der Waals surface area (Å²) in [4.78, 5) is 9.19. The van der Waals surface area contributed by atoms with Gasteiger partial charge in [0.15, 0.2) is 0 Å². The fourth-order valence-electron chi connectivity index (χ4n) is 3.07. The monoisotopic (exact) mass is 445 g/mol. The number of anilines is 3. The van der Waals surface area contributed by atoms with E-state index in [1.54, 1.807) is 43.6 Å². The maximum atomic E-state index is 12.5. The molecule has 10 heteroatoms. The predicted octanol–water partition coefficient (Wildman–Crippen LogP) is 3.64. The molecule has 8 nitrogen and oxygen atoms in total. The Morgan fingerprint density at radius 3 is 2.83 bits per heavy atom. The van der Waals surface area contributed by atoms with Crippen molar-refractivity contribution in [2.24, 2.45) is 0 Å². The van der Waals surface area contributed by atoms with Crippen LogP contribution in [0.2, 0.25) is 5.02 Å². The van der Waals surface area contributed by atoms with Crippen LogP contribution < -0.4 is 20.1 Å². The van der Waals surface area contributed by atoms with E-state index in [4.69, 9.17) is 16.3 Å². The van der Waals surface area contributed by atoms with Crippen LogP contribution in [-0.2, 0) is 10.0 Å². The number of nitrogens with one attached hydrogen (secondary N) is 3. The lowest BCUT2D eigenvalue weighted by atomic mass is 10.1. The number of aromatic nitrogens is 2. The Kier molecular flexibility index (Phi) is 5.76. The van der Waals surface area contributed by atoms with E-state index in [1.807, 2.05) is 12.1 Å². The third-order valence-electron chi connectivity index (χ3n) is 4.59. The largest absolute Gasteiger partial charge is 0.495 e. The summed E-state index contributed by atoms with van der Waals surface area (Å²) < 4.78 is 32.9. The minimum absolute atomic E-state index is 0.185. The SMILES string of the molecule is COc1cc(-c2cnc3nc2NCCCNS(=O)(=O)c2cccc(c2)N3)ccc1Cl. The number of rotatable bonds is 2. The van der Waals surface area contributed by atoms with Gasteiger partial charge in [-0.3, -0.25) is 0 Å². The fourth-order valence-corrected chi connectivity index (χ4v) is 4.38. The average Bonchev–Trinajstić information content (AvgIpc) is 2.74. The quantitative estimate of drug-likeness (QED) is 0.553. The molecule has 0 fully saturated rings. The smallest absolute Gasteiger partial charge is 0.240 e. The van der Waals surface area contributed by atoms with E-state index in [-0.39, 0.29) is 4.90 Å². The number of hydrogen-bond acceptors (Lipinski definition) is 7. The van der Waals surface area contributed by atoms with Crippen molar-refractivity contribution in [2.75, 3.05) is 30.8 Å². The van der Waals surface area contributed by atoms with Gasteiger partial charge in [0.05, 0.1) is 17.0 Å². The molecule has 4 bridgehead atoms. The van der Waals surface area contributed by atoms with Crippen LogP contribution in [0.3, 0.4) is 0 Å². The van der Waals surface area contributed by atoms with Crippen LogP contribution in [0.25, 0.3) is 11.1 Å². The summed E-state index contributed by atoms with van der Waals surface area (Å²) in [5.74, 6) is 1.53. The predicted molar refractivity (Wildman–Crippen MR) is 117 cm³/mol. The van der Waals surface area contributed by atoms with Crippen molar-refractivity contribution in [3.8, 4) is 16.9 Å². The zero-order chi connectivity index (χ0) is 21.1. The first-order valence-electron chi connectivity index (χ1n) is 9.28. The second-order valence-corrected chi connectivity index (χ2v) is 8.81. The van der Waals surface area contributed by atoms with Crippen molar-refractivity contribution in [1.29, 1.82) is 0 Å². The van der Waals surface area contributed by atoms with E-state index >= 15 is 0 Å². The molecule has 0 unspecified atom stereocenters. The molecular formula is C20H20ClN5O3S. The number of ether oxygens (including phenoxy) is 1. The van der Waals surface area contributed by atoms with Crippen LogP contribution in [-0.4, -0.2) is 38.6 Å². The van der Waals surface area contributed by atoms with Crippen molar-refractivity contribution in [3.05, 3.63) is 53.7 Å². The summed E-state index contributed by atoms with van der Waals surface area (Å²) in [6.07, 6.45) is 2.29. The van der Waals surface area contributed by atoms with Gasteiger partial charge in [0.1, 0.15) is 11.6 Å². The second kappa shape index (κ2) is 8.47. The first kappa shape index (κ1) is 20.4. The number of hydrogen-bond donors (Lipinski definition) is 3. The molecule has 0 aliphatic carbocycles. The van der Waals surface area contributed by atoms with Gasteiger partial charge in [-0.05, 0) is 42.3 Å². The molecule has 2 aromatic carbocycles. The Hall–Kier alpha value is -2.88. The van der Waals surface area contributed by atoms with Crippen LogP contribution in [0, 0.1) is 0 Å². The molecule has 1 aromatic heterocycles. The second-order valence-electron chi connectivity index (χ2n) is 6.64. The topological polar surface area (TPSA) is 105 Å². The van der Waals surface area contributed by atoms with E-state index in [0.29, 0.717) is 47.7 Å². The molecule has 2 heterocycles. The van der Waals surface area contributed by atoms with Crippen molar-refractivity contribution in [1.82, 2.24) is 14.7 Å². The minimum Gasteiger partial charge on any atom is -0.495 e. The van der Waals surface area contributed by atoms with Gasteiger partial charge in [0.25, 0.3) is 0 Å². The first-order valence-corrected chi connectivity index (χ1v) is 11.1. The molecule has 156 valence electrons. The lowest BCUT2D eigenvalue weighted by Gasteiger charge is -2.14. The van der Waals surface area contributed by atoms with Crippen molar-refractivity contribution < 1.29 is 13.2 Å². The fraction of sp³-hybridized carbons (Fsp3) is 0.200. The number of fused-ring (bicyclic) bond motifs is 4. The summed E-state index contributed by atoms with van der Waals surface area (Å²) in [6, 6.07) is 12.0. The van der Waals surface area contributed by atoms with Crippen LogP contribution in [0.5, 0.6) is 5.75 Å². The molecule has 0 spiro atoms. The highest BCUT2D eigenvalue weighted by atomic mass is 35.5. The number of benzene rings is 2. The molecule has 0 saturated heterocycles. The number of halogens is 1. The van der Waals surface area contributed by atoms with Gasteiger partial charge in [-0.15, -0.1) is 0 Å². The molecule has 0 radical (unpaired) electrons. The Morgan fingerprint density at radius 1 is 1.13 bits per heavy atom. The molecular weight excluding hydrogens is 426 g/mol. The highest BCUT2D eigenvalue weighted by Gasteiger charge is 2.16. The lowest BCUT2D eigenvalue weighted by Crippen LogP contribution is -2.26. The Labute approximate surface area is 179 Å². The van der Waals surface area contributed by atoms with E-state index in [1.165, 1.54) is 0 Å². The molecule has 1 aliphatic heterocycles. The highest BCUT2D eigenvalue weighted by molar-refractivity contribution is 7.89. The molecule has 1 aliphatic rings. The molecule has 0 atom stereocenters. The molecule has 0 saturated carbocycles. The normalized spacial score (nSPS) is 15.5. The van der Waals surface area contributed by atoms with Crippen molar-refractivity contribution in [3.63, 3.8) is 0 Å². The van der Waals surface area contributed by atoms with Crippen LogP contribution in [0.4, 0.5) is 17.5 Å². The summed E-state index contributed by atoms with van der Waals surface area (Å²) in [5.41, 5.74) is 2.20. The van der Waals surface area contributed by atoms with E-state index in [0.717, 1.165) is 11.1 Å². The third kappa shape index (κ3) is 4.33. The maximum Gasteiger partial charge on any atom is 0.240 e. The standard InChI is InChI=1S/C20H20ClN5O3S/c1-29-18-10-13(6-7-17(18)21)16-12-23-20-25-14-4-2-5-15(11-14)30(27,28)24-9-3-8-22-19(16)26-20/h2,4-7,10-12,24H,3,8-9H2,1H3,(H2,22,23,25,26). The summed E-state index contributed by atoms with van der Waals surface area (Å²) in [7, 11) is -2.02.